The van der Waals surface area contributed by atoms with Gasteiger partial charge >= 0.3 is 5.69 Å². The molecule has 3 N–H and O–H groups in total. The van der Waals surface area contributed by atoms with Gasteiger partial charge in [0.05, 0.1) is 4.92 Å². The van der Waals surface area contributed by atoms with E-state index in [1.54, 1.807) is 4.90 Å². The molecule has 0 aliphatic heterocycles. The number of pyridine rings is 1. The lowest BCUT2D eigenvalue weighted by molar-refractivity contribution is -0.384. The summed E-state index contributed by atoms with van der Waals surface area (Å²) in [5.41, 5.74) is 5.34. The third-order valence-corrected chi connectivity index (χ3v) is 2.84. The van der Waals surface area contributed by atoms with E-state index >= 15 is 0 Å². The molecule has 1 heterocycles. The average Bonchev–Trinajstić information content (AvgIpc) is 2.39. The van der Waals surface area contributed by atoms with Crippen LogP contribution in [0.25, 0.3) is 0 Å². The Labute approximate surface area is 117 Å². The SMILES string of the molecule is CCN(CC)C(=O)CCNc1nc(N)ccc1[N+](=O)[O-]. The van der Waals surface area contributed by atoms with Crippen LogP contribution in [0.3, 0.4) is 0 Å². The van der Waals surface area contributed by atoms with Crippen molar-refractivity contribution in [1.82, 2.24) is 9.88 Å². The van der Waals surface area contributed by atoms with Crippen LogP contribution < -0.4 is 11.1 Å². The number of aromatic nitrogens is 1. The van der Waals surface area contributed by atoms with E-state index in [1.165, 1.54) is 12.1 Å². The fraction of sp³-hybridized carbons (Fsp3) is 0.500. The highest BCUT2D eigenvalue weighted by molar-refractivity contribution is 5.76. The van der Waals surface area contributed by atoms with Crippen molar-refractivity contribution in [3.63, 3.8) is 0 Å². The monoisotopic (exact) mass is 281 g/mol. The van der Waals surface area contributed by atoms with E-state index in [9.17, 15) is 14.9 Å². The molecule has 1 aromatic rings. The largest absolute Gasteiger partial charge is 0.384 e. The zero-order chi connectivity index (χ0) is 15.1. The van der Waals surface area contributed by atoms with Crippen LogP contribution in [0.1, 0.15) is 20.3 Å². The summed E-state index contributed by atoms with van der Waals surface area (Å²) in [7, 11) is 0. The fourth-order valence-electron chi connectivity index (χ4n) is 1.77. The molecule has 8 heteroatoms. The minimum Gasteiger partial charge on any atom is -0.384 e. The van der Waals surface area contributed by atoms with Crippen LogP contribution in [0.2, 0.25) is 0 Å². The third-order valence-electron chi connectivity index (χ3n) is 2.84. The lowest BCUT2D eigenvalue weighted by Crippen LogP contribution is -2.31. The van der Waals surface area contributed by atoms with E-state index in [0.29, 0.717) is 13.1 Å². The molecule has 1 aromatic heterocycles. The zero-order valence-corrected chi connectivity index (χ0v) is 11.6. The number of nitrogens with two attached hydrogens (primary N) is 1. The molecule has 0 aliphatic carbocycles. The minimum atomic E-state index is -0.541. The van der Waals surface area contributed by atoms with Crippen molar-refractivity contribution in [2.45, 2.75) is 20.3 Å². The Morgan fingerprint density at radius 2 is 2.10 bits per heavy atom. The topological polar surface area (TPSA) is 114 Å². The van der Waals surface area contributed by atoms with Gasteiger partial charge in [-0.3, -0.25) is 14.9 Å². The van der Waals surface area contributed by atoms with E-state index in [0.717, 1.165) is 0 Å². The number of carbonyl (C=O) groups is 1. The summed E-state index contributed by atoms with van der Waals surface area (Å²) in [6.45, 7) is 5.36. The first-order valence-corrected chi connectivity index (χ1v) is 6.42. The Morgan fingerprint density at radius 3 is 2.65 bits per heavy atom. The summed E-state index contributed by atoms with van der Waals surface area (Å²) in [4.78, 5) is 27.7. The number of hydrogen-bond acceptors (Lipinski definition) is 6. The van der Waals surface area contributed by atoms with E-state index in [-0.39, 0.29) is 36.2 Å². The number of anilines is 2. The summed E-state index contributed by atoms with van der Waals surface area (Å²) in [5.74, 6) is 0.268. The quantitative estimate of drug-likeness (QED) is 0.574. The summed E-state index contributed by atoms with van der Waals surface area (Å²) < 4.78 is 0. The first kappa shape index (κ1) is 15.7. The molecule has 0 saturated carbocycles. The number of nitro groups is 1. The first-order valence-electron chi connectivity index (χ1n) is 6.42. The molecule has 1 rings (SSSR count). The van der Waals surface area contributed by atoms with Crippen LogP contribution in [-0.4, -0.2) is 40.3 Å². The van der Waals surface area contributed by atoms with Crippen LogP contribution in [0.15, 0.2) is 12.1 Å². The highest BCUT2D eigenvalue weighted by Crippen LogP contribution is 2.22. The number of nitrogen functional groups attached to an aromatic ring is 1. The number of nitrogens with zero attached hydrogens (tertiary/aromatic N) is 3. The Balaban J connectivity index is 2.64. The Morgan fingerprint density at radius 1 is 1.45 bits per heavy atom. The van der Waals surface area contributed by atoms with Gasteiger partial charge in [-0.15, -0.1) is 0 Å². The lowest BCUT2D eigenvalue weighted by atomic mass is 10.3. The summed E-state index contributed by atoms with van der Waals surface area (Å²) in [6, 6.07) is 2.65. The Kier molecular flexibility index (Phi) is 5.70. The van der Waals surface area contributed by atoms with Crippen molar-refractivity contribution in [3.8, 4) is 0 Å². The molecule has 0 atom stereocenters. The molecule has 0 saturated heterocycles. The molecule has 1 amide bonds. The molecular formula is C12H19N5O3. The van der Waals surface area contributed by atoms with Gasteiger partial charge in [-0.25, -0.2) is 4.98 Å². The van der Waals surface area contributed by atoms with Crippen molar-refractivity contribution < 1.29 is 9.72 Å². The van der Waals surface area contributed by atoms with Gasteiger partial charge in [0, 0.05) is 32.1 Å². The smallest absolute Gasteiger partial charge is 0.311 e. The van der Waals surface area contributed by atoms with Gasteiger partial charge in [0.25, 0.3) is 0 Å². The lowest BCUT2D eigenvalue weighted by Gasteiger charge is -2.18. The maximum atomic E-state index is 11.8. The molecule has 0 spiro atoms. The normalized spacial score (nSPS) is 10.1. The van der Waals surface area contributed by atoms with Crippen molar-refractivity contribution in [2.24, 2.45) is 0 Å². The molecule has 0 aliphatic rings. The molecule has 8 nitrogen and oxygen atoms in total. The van der Waals surface area contributed by atoms with Gasteiger partial charge in [0.2, 0.25) is 11.7 Å². The van der Waals surface area contributed by atoms with Crippen molar-refractivity contribution in [2.75, 3.05) is 30.7 Å². The van der Waals surface area contributed by atoms with Crippen LogP contribution in [0.4, 0.5) is 17.3 Å². The van der Waals surface area contributed by atoms with E-state index in [1.807, 2.05) is 13.8 Å². The second-order valence-electron chi connectivity index (χ2n) is 4.10. The van der Waals surface area contributed by atoms with Crippen LogP contribution in [0, 0.1) is 10.1 Å². The molecule has 0 aromatic carbocycles. The molecule has 0 fully saturated rings. The Bertz CT molecular complexity index is 488. The average molecular weight is 281 g/mol. The van der Waals surface area contributed by atoms with E-state index in [2.05, 4.69) is 10.3 Å². The molecular weight excluding hydrogens is 262 g/mol. The van der Waals surface area contributed by atoms with Crippen LogP contribution in [0.5, 0.6) is 0 Å². The second-order valence-corrected chi connectivity index (χ2v) is 4.10. The first-order chi connectivity index (χ1) is 9.49. The maximum absolute atomic E-state index is 11.8. The van der Waals surface area contributed by atoms with Crippen LogP contribution >= 0.6 is 0 Å². The molecule has 20 heavy (non-hydrogen) atoms. The number of nitrogens with one attached hydrogen (secondary N) is 1. The number of carbonyl (C=O) groups excluding carboxylic acids is 1. The molecule has 110 valence electrons. The van der Waals surface area contributed by atoms with Gasteiger partial charge in [0.15, 0.2) is 0 Å². The second kappa shape index (κ2) is 7.27. The predicted octanol–water partition coefficient (Wildman–Crippen LogP) is 1.24. The molecule has 0 unspecified atom stereocenters. The van der Waals surface area contributed by atoms with Crippen LogP contribution in [-0.2, 0) is 4.79 Å². The number of amides is 1. The Hall–Kier alpha value is -2.38. The van der Waals surface area contributed by atoms with Crippen molar-refractivity contribution in [3.05, 3.63) is 22.2 Å². The summed E-state index contributed by atoms with van der Waals surface area (Å²) in [6.07, 6.45) is 0.245. The number of hydrogen-bond donors (Lipinski definition) is 2. The van der Waals surface area contributed by atoms with Gasteiger partial charge < -0.3 is 16.0 Å². The summed E-state index contributed by atoms with van der Waals surface area (Å²) in [5, 5.41) is 13.6. The fourth-order valence-corrected chi connectivity index (χ4v) is 1.77. The van der Waals surface area contributed by atoms with Gasteiger partial charge in [-0.05, 0) is 19.9 Å². The van der Waals surface area contributed by atoms with E-state index in [4.69, 9.17) is 5.73 Å². The van der Waals surface area contributed by atoms with Gasteiger partial charge in [-0.1, -0.05) is 0 Å². The highest BCUT2D eigenvalue weighted by atomic mass is 16.6. The standard InChI is InChI=1S/C12H19N5O3/c1-3-16(4-2)11(18)7-8-14-12-9(17(19)20)5-6-10(13)15-12/h5-6H,3-4,7-8H2,1-2H3,(H3,13,14,15). The highest BCUT2D eigenvalue weighted by Gasteiger charge is 2.16. The van der Waals surface area contributed by atoms with Gasteiger partial charge in [-0.2, -0.15) is 0 Å². The van der Waals surface area contributed by atoms with Gasteiger partial charge in [0.1, 0.15) is 5.82 Å². The van der Waals surface area contributed by atoms with Crippen molar-refractivity contribution >= 4 is 23.2 Å². The predicted molar refractivity (Wildman–Crippen MR) is 76.3 cm³/mol. The molecule has 0 radical (unpaired) electrons. The number of rotatable bonds is 7. The maximum Gasteiger partial charge on any atom is 0.311 e. The van der Waals surface area contributed by atoms with E-state index < -0.39 is 4.92 Å². The zero-order valence-electron chi connectivity index (χ0n) is 11.6. The van der Waals surface area contributed by atoms with Crippen molar-refractivity contribution in [1.29, 1.82) is 0 Å². The summed E-state index contributed by atoms with van der Waals surface area (Å²) >= 11 is 0. The minimum absolute atomic E-state index is 0.00550. The third kappa shape index (κ3) is 4.08. The molecule has 0 bridgehead atoms.